The third-order valence-electron chi connectivity index (χ3n) is 5.22. The molecule has 128 valence electrons. The smallest absolute Gasteiger partial charge is 0.340 e. The van der Waals surface area contributed by atoms with Crippen LogP contribution in [0.5, 0.6) is 0 Å². The van der Waals surface area contributed by atoms with Crippen molar-refractivity contribution in [3.05, 3.63) is 70.4 Å². The van der Waals surface area contributed by atoms with Crippen LogP contribution in [-0.4, -0.2) is 17.6 Å². The number of carbonyl (C=O) groups excluding carboxylic acids is 1. The maximum atomic E-state index is 12.4. The fourth-order valence-corrected chi connectivity index (χ4v) is 4.13. The molecule has 0 atom stereocenters. The molecule has 4 rings (SSSR count). The molecule has 3 nitrogen and oxygen atoms in total. The monoisotopic (exact) mass is 333 g/mol. The number of rotatable bonds is 3. The number of aromatic nitrogens is 1. The molecule has 3 aromatic rings. The van der Waals surface area contributed by atoms with Crippen LogP contribution in [-0.2, 0) is 24.1 Å². The minimum absolute atomic E-state index is 0.258. The van der Waals surface area contributed by atoms with Gasteiger partial charge in [0.1, 0.15) is 0 Å². The van der Waals surface area contributed by atoms with E-state index in [0.717, 1.165) is 24.9 Å². The Morgan fingerprint density at radius 3 is 2.72 bits per heavy atom. The van der Waals surface area contributed by atoms with E-state index in [2.05, 4.69) is 41.8 Å². The topological polar surface area (TPSA) is 31.2 Å². The average Bonchev–Trinajstić information content (AvgIpc) is 2.95. The molecule has 1 aromatic heterocycles. The highest BCUT2D eigenvalue weighted by Crippen LogP contribution is 2.34. The van der Waals surface area contributed by atoms with Crippen LogP contribution in [0.1, 0.15) is 45.6 Å². The number of carbonyl (C=O) groups is 1. The van der Waals surface area contributed by atoms with Crippen molar-refractivity contribution in [2.24, 2.45) is 0 Å². The zero-order chi connectivity index (χ0) is 17.4. The molecule has 0 aliphatic heterocycles. The second-order valence-corrected chi connectivity index (χ2v) is 6.90. The molecule has 1 aliphatic rings. The number of esters is 1. The van der Waals surface area contributed by atoms with Gasteiger partial charge in [-0.25, -0.2) is 4.79 Å². The Hall–Kier alpha value is -2.55. The highest BCUT2D eigenvalue weighted by molar-refractivity contribution is 6.04. The first-order valence-electron chi connectivity index (χ1n) is 8.96. The number of para-hydroxylation sites is 1. The van der Waals surface area contributed by atoms with E-state index in [0.29, 0.717) is 5.56 Å². The Morgan fingerprint density at radius 2 is 1.92 bits per heavy atom. The van der Waals surface area contributed by atoms with E-state index in [-0.39, 0.29) is 5.97 Å². The van der Waals surface area contributed by atoms with Crippen molar-refractivity contribution < 1.29 is 9.53 Å². The largest absolute Gasteiger partial charge is 0.465 e. The molecule has 1 aliphatic carbocycles. The minimum Gasteiger partial charge on any atom is -0.465 e. The molecule has 3 heteroatoms. The van der Waals surface area contributed by atoms with E-state index < -0.39 is 0 Å². The van der Waals surface area contributed by atoms with Crippen molar-refractivity contribution in [3.63, 3.8) is 0 Å². The Bertz CT molecular complexity index is 952. The Labute approximate surface area is 148 Å². The van der Waals surface area contributed by atoms with E-state index in [4.69, 9.17) is 4.74 Å². The molecule has 0 N–H and O–H groups in total. The molecule has 0 fully saturated rings. The molecule has 0 saturated heterocycles. The summed E-state index contributed by atoms with van der Waals surface area (Å²) >= 11 is 0. The van der Waals surface area contributed by atoms with Gasteiger partial charge in [-0.3, -0.25) is 0 Å². The van der Waals surface area contributed by atoms with Gasteiger partial charge in [0.25, 0.3) is 0 Å². The van der Waals surface area contributed by atoms with Crippen LogP contribution in [0, 0.1) is 6.92 Å². The number of fused-ring (bicyclic) bond motifs is 3. The summed E-state index contributed by atoms with van der Waals surface area (Å²) in [5.41, 5.74) is 7.03. The first kappa shape index (κ1) is 15.9. The summed E-state index contributed by atoms with van der Waals surface area (Å²) in [7, 11) is 1.45. The molecular formula is C22H23NO2. The predicted molar refractivity (Wildman–Crippen MR) is 100 cm³/mol. The summed E-state index contributed by atoms with van der Waals surface area (Å²) in [6.07, 6.45) is 4.61. The standard InChI is InChI=1S/C22H23NO2/c1-15-7-5-8-16(13-15)14-23-20-12-4-3-9-17(20)18-10-6-11-19(21(18)23)22(24)25-2/h5-8,10-11,13H,3-4,9,12,14H2,1-2H3. The number of hydrogen-bond acceptors (Lipinski definition) is 2. The summed E-state index contributed by atoms with van der Waals surface area (Å²) in [5, 5.41) is 1.21. The zero-order valence-corrected chi connectivity index (χ0v) is 14.8. The van der Waals surface area contributed by atoms with Crippen molar-refractivity contribution in [1.29, 1.82) is 0 Å². The van der Waals surface area contributed by atoms with Crippen LogP contribution in [0.3, 0.4) is 0 Å². The summed E-state index contributed by atoms with van der Waals surface area (Å²) in [5.74, 6) is -0.258. The molecule has 0 saturated carbocycles. The maximum Gasteiger partial charge on any atom is 0.340 e. The van der Waals surface area contributed by atoms with Gasteiger partial charge in [-0.05, 0) is 49.8 Å². The zero-order valence-electron chi connectivity index (χ0n) is 14.8. The lowest BCUT2D eigenvalue weighted by Gasteiger charge is -2.17. The van der Waals surface area contributed by atoms with E-state index in [1.807, 2.05) is 12.1 Å². The van der Waals surface area contributed by atoms with Gasteiger partial charge in [-0.2, -0.15) is 0 Å². The second-order valence-electron chi connectivity index (χ2n) is 6.90. The number of hydrogen-bond donors (Lipinski definition) is 0. The summed E-state index contributed by atoms with van der Waals surface area (Å²) < 4.78 is 7.40. The summed E-state index contributed by atoms with van der Waals surface area (Å²) in [4.78, 5) is 12.4. The van der Waals surface area contributed by atoms with Crippen molar-refractivity contribution in [1.82, 2.24) is 4.57 Å². The van der Waals surface area contributed by atoms with Crippen LogP contribution >= 0.6 is 0 Å². The highest BCUT2D eigenvalue weighted by atomic mass is 16.5. The molecule has 0 amide bonds. The molecule has 2 aromatic carbocycles. The van der Waals surface area contributed by atoms with Crippen molar-refractivity contribution in [2.45, 2.75) is 39.2 Å². The number of benzene rings is 2. The van der Waals surface area contributed by atoms with E-state index in [1.54, 1.807) is 0 Å². The number of methoxy groups -OCH3 is 1. The third-order valence-corrected chi connectivity index (χ3v) is 5.22. The fourth-order valence-electron chi connectivity index (χ4n) is 4.13. The highest BCUT2D eigenvalue weighted by Gasteiger charge is 2.24. The lowest BCUT2D eigenvalue weighted by molar-refractivity contribution is 0.0602. The summed E-state index contributed by atoms with van der Waals surface area (Å²) in [6.45, 7) is 2.91. The molecule has 0 radical (unpaired) electrons. The van der Waals surface area contributed by atoms with Gasteiger partial charge < -0.3 is 9.30 Å². The summed E-state index contributed by atoms with van der Waals surface area (Å²) in [6, 6.07) is 14.6. The number of ether oxygens (including phenoxy) is 1. The normalized spacial score (nSPS) is 13.7. The first-order valence-corrected chi connectivity index (χ1v) is 8.96. The second kappa shape index (κ2) is 6.40. The molecule has 25 heavy (non-hydrogen) atoms. The van der Waals surface area contributed by atoms with Crippen LogP contribution in [0.2, 0.25) is 0 Å². The van der Waals surface area contributed by atoms with Crippen LogP contribution in [0.25, 0.3) is 10.9 Å². The quantitative estimate of drug-likeness (QED) is 0.653. The van der Waals surface area contributed by atoms with Crippen LogP contribution in [0.4, 0.5) is 0 Å². The Balaban J connectivity index is 1.96. The third kappa shape index (κ3) is 2.74. The lowest BCUT2D eigenvalue weighted by atomic mass is 9.95. The number of aryl methyl sites for hydroxylation is 2. The molecule has 1 heterocycles. The van der Waals surface area contributed by atoms with Crippen molar-refractivity contribution in [3.8, 4) is 0 Å². The van der Waals surface area contributed by atoms with Crippen LogP contribution < -0.4 is 0 Å². The molecular weight excluding hydrogens is 310 g/mol. The first-order chi connectivity index (χ1) is 12.2. The van der Waals surface area contributed by atoms with Gasteiger partial charge in [0, 0.05) is 17.6 Å². The lowest BCUT2D eigenvalue weighted by Crippen LogP contribution is -2.11. The van der Waals surface area contributed by atoms with Gasteiger partial charge in [0.15, 0.2) is 0 Å². The van der Waals surface area contributed by atoms with Gasteiger partial charge in [-0.15, -0.1) is 0 Å². The molecule has 0 unspecified atom stereocenters. The van der Waals surface area contributed by atoms with Gasteiger partial charge >= 0.3 is 5.97 Å². The Morgan fingerprint density at radius 1 is 1.12 bits per heavy atom. The minimum atomic E-state index is -0.258. The Kier molecular flexibility index (Phi) is 4.08. The maximum absolute atomic E-state index is 12.4. The fraction of sp³-hybridized carbons (Fsp3) is 0.318. The van der Waals surface area contributed by atoms with Crippen LogP contribution in [0.15, 0.2) is 42.5 Å². The van der Waals surface area contributed by atoms with Crippen molar-refractivity contribution in [2.75, 3.05) is 7.11 Å². The molecule has 0 bridgehead atoms. The predicted octanol–water partition coefficient (Wildman–Crippen LogP) is 4.66. The average molecular weight is 333 g/mol. The van der Waals surface area contributed by atoms with Crippen molar-refractivity contribution >= 4 is 16.9 Å². The van der Waals surface area contributed by atoms with Gasteiger partial charge in [0.2, 0.25) is 0 Å². The van der Waals surface area contributed by atoms with Gasteiger partial charge in [-0.1, -0.05) is 42.0 Å². The SMILES string of the molecule is COC(=O)c1cccc2c3c(n(Cc4cccc(C)c4)c12)CCCC3. The van der Waals surface area contributed by atoms with E-state index in [1.165, 1.54) is 47.7 Å². The van der Waals surface area contributed by atoms with Gasteiger partial charge in [0.05, 0.1) is 18.2 Å². The molecule has 0 spiro atoms. The van der Waals surface area contributed by atoms with E-state index in [9.17, 15) is 4.79 Å². The van der Waals surface area contributed by atoms with E-state index >= 15 is 0 Å². The number of nitrogens with zero attached hydrogens (tertiary/aromatic N) is 1.